The predicted molar refractivity (Wildman–Crippen MR) is 72.5 cm³/mol. The van der Waals surface area contributed by atoms with Gasteiger partial charge in [0.05, 0.1) is 12.1 Å². The Kier molecular flexibility index (Phi) is 4.54. The van der Waals surface area contributed by atoms with Crippen molar-refractivity contribution in [3.05, 3.63) is 23.8 Å². The van der Waals surface area contributed by atoms with E-state index in [0.717, 1.165) is 0 Å². The molecule has 0 unspecified atom stereocenters. The largest absolute Gasteiger partial charge is 0.482 e. The van der Waals surface area contributed by atoms with Crippen molar-refractivity contribution < 1.29 is 29.0 Å². The number of hydrogen-bond donors (Lipinski definition) is 1. The van der Waals surface area contributed by atoms with Gasteiger partial charge in [-0.05, 0) is 18.2 Å². The van der Waals surface area contributed by atoms with Crippen molar-refractivity contribution in [2.24, 2.45) is 0 Å². The minimum Gasteiger partial charge on any atom is -0.482 e. The van der Waals surface area contributed by atoms with E-state index in [1.807, 2.05) is 0 Å². The van der Waals surface area contributed by atoms with E-state index >= 15 is 0 Å². The molecule has 112 valence electrons. The molecule has 21 heavy (non-hydrogen) atoms. The lowest BCUT2D eigenvalue weighted by atomic mass is 10.0. The lowest BCUT2D eigenvalue weighted by molar-refractivity contribution is -0.137. The molecular formula is C14H15NO6. The number of anilines is 1. The molecule has 0 spiro atoms. The summed E-state index contributed by atoms with van der Waals surface area (Å²) in [5.74, 6) is -1.10. The third-order valence-corrected chi connectivity index (χ3v) is 3.05. The highest BCUT2D eigenvalue weighted by Crippen LogP contribution is 2.33. The molecule has 1 amide bonds. The maximum absolute atomic E-state index is 11.9. The molecular weight excluding hydrogens is 278 g/mol. The molecule has 0 fully saturated rings. The highest BCUT2D eigenvalue weighted by molar-refractivity contribution is 6.02. The second-order valence-electron chi connectivity index (χ2n) is 4.53. The van der Waals surface area contributed by atoms with Crippen molar-refractivity contribution in [1.82, 2.24) is 0 Å². The van der Waals surface area contributed by atoms with Crippen LogP contribution in [0.25, 0.3) is 0 Å². The summed E-state index contributed by atoms with van der Waals surface area (Å²) < 4.78 is 10.3. The normalized spacial score (nSPS) is 13.6. The van der Waals surface area contributed by atoms with Gasteiger partial charge in [0.25, 0.3) is 5.91 Å². The van der Waals surface area contributed by atoms with E-state index in [9.17, 15) is 14.4 Å². The van der Waals surface area contributed by atoms with Gasteiger partial charge in [0.1, 0.15) is 12.5 Å². The van der Waals surface area contributed by atoms with Gasteiger partial charge in [-0.2, -0.15) is 0 Å². The number of amides is 1. The van der Waals surface area contributed by atoms with Crippen LogP contribution in [-0.4, -0.2) is 43.2 Å². The van der Waals surface area contributed by atoms with Crippen LogP contribution in [-0.2, 0) is 14.3 Å². The Morgan fingerprint density at radius 1 is 1.38 bits per heavy atom. The molecule has 0 aliphatic carbocycles. The second-order valence-corrected chi connectivity index (χ2v) is 4.53. The number of carboxylic acid groups (broad SMARTS) is 1. The second kappa shape index (κ2) is 6.36. The molecule has 0 atom stereocenters. The Bertz CT molecular complexity index is 583. The maximum Gasteiger partial charge on any atom is 0.303 e. The Labute approximate surface area is 121 Å². The van der Waals surface area contributed by atoms with Crippen LogP contribution in [0.3, 0.4) is 0 Å². The molecule has 7 nitrogen and oxygen atoms in total. The van der Waals surface area contributed by atoms with Crippen LogP contribution in [0, 0.1) is 0 Å². The highest BCUT2D eigenvalue weighted by atomic mass is 16.5. The fraction of sp³-hybridized carbons (Fsp3) is 0.357. The Hall–Kier alpha value is -2.41. The number of carbonyl (C=O) groups excluding carboxylic acids is 2. The van der Waals surface area contributed by atoms with Crippen molar-refractivity contribution in [1.29, 1.82) is 0 Å². The summed E-state index contributed by atoms with van der Waals surface area (Å²) in [6.07, 6.45) is -0.319. The summed E-state index contributed by atoms with van der Waals surface area (Å²) in [5, 5.41) is 8.61. The van der Waals surface area contributed by atoms with E-state index in [4.69, 9.17) is 14.6 Å². The molecule has 0 saturated heterocycles. The molecule has 1 aliphatic rings. The van der Waals surface area contributed by atoms with Crippen LogP contribution in [0.5, 0.6) is 5.75 Å². The summed E-state index contributed by atoms with van der Waals surface area (Å²) in [5.41, 5.74) is 0.795. The first kappa shape index (κ1) is 15.0. The first-order chi connectivity index (χ1) is 10.0. The van der Waals surface area contributed by atoms with Gasteiger partial charge in [-0.3, -0.25) is 19.3 Å². The van der Waals surface area contributed by atoms with Crippen LogP contribution < -0.4 is 9.64 Å². The maximum atomic E-state index is 11.9. The standard InChI is InChI=1S/C14H15NO6/c1-20-8-15-10-6-9(11(16)3-5-14(18)19)2-4-12(10)21-7-13(15)17/h2,4,6H,3,5,7-8H2,1H3,(H,18,19). The van der Waals surface area contributed by atoms with Gasteiger partial charge in [-0.15, -0.1) is 0 Å². The first-order valence-corrected chi connectivity index (χ1v) is 6.34. The Morgan fingerprint density at radius 2 is 2.14 bits per heavy atom. The quantitative estimate of drug-likeness (QED) is 0.788. The zero-order chi connectivity index (χ0) is 15.4. The van der Waals surface area contributed by atoms with Crippen molar-refractivity contribution >= 4 is 23.3 Å². The van der Waals surface area contributed by atoms with E-state index in [2.05, 4.69) is 0 Å². The molecule has 1 aliphatic heterocycles. The smallest absolute Gasteiger partial charge is 0.303 e. The fourth-order valence-electron chi connectivity index (χ4n) is 2.01. The van der Waals surface area contributed by atoms with Crippen LogP contribution in [0.15, 0.2) is 18.2 Å². The van der Waals surface area contributed by atoms with E-state index in [-0.39, 0.29) is 37.9 Å². The zero-order valence-electron chi connectivity index (χ0n) is 11.5. The Balaban J connectivity index is 2.25. The van der Waals surface area contributed by atoms with Crippen molar-refractivity contribution in [2.45, 2.75) is 12.8 Å². The minimum atomic E-state index is -1.03. The number of methoxy groups -OCH3 is 1. The van der Waals surface area contributed by atoms with Crippen LogP contribution >= 0.6 is 0 Å². The summed E-state index contributed by atoms with van der Waals surface area (Å²) in [6.45, 7) is -0.0232. The average molecular weight is 293 g/mol. The highest BCUT2D eigenvalue weighted by Gasteiger charge is 2.26. The molecule has 0 radical (unpaired) electrons. The number of rotatable bonds is 6. The number of carboxylic acids is 1. The van der Waals surface area contributed by atoms with Gasteiger partial charge in [0, 0.05) is 19.1 Å². The molecule has 0 saturated carbocycles. The summed E-state index contributed by atoms with van der Waals surface area (Å²) in [6, 6.07) is 4.68. The number of benzene rings is 1. The molecule has 7 heteroatoms. The van der Waals surface area contributed by atoms with E-state index < -0.39 is 5.97 Å². The molecule has 0 aromatic heterocycles. The predicted octanol–water partition coefficient (Wildman–Crippen LogP) is 1.06. The molecule has 2 rings (SSSR count). The number of hydrogen-bond acceptors (Lipinski definition) is 5. The summed E-state index contributed by atoms with van der Waals surface area (Å²) in [4.78, 5) is 35.6. The number of carbonyl (C=O) groups is 3. The monoisotopic (exact) mass is 293 g/mol. The van der Waals surface area contributed by atoms with Gasteiger partial charge in [0.2, 0.25) is 0 Å². The van der Waals surface area contributed by atoms with E-state index in [1.165, 1.54) is 18.1 Å². The topological polar surface area (TPSA) is 93.1 Å². The number of aliphatic carboxylic acids is 1. The van der Waals surface area contributed by atoms with Gasteiger partial charge in [0.15, 0.2) is 12.4 Å². The number of nitrogens with zero attached hydrogens (tertiary/aromatic N) is 1. The van der Waals surface area contributed by atoms with Crippen LogP contribution in [0.2, 0.25) is 0 Å². The Morgan fingerprint density at radius 3 is 2.81 bits per heavy atom. The zero-order valence-corrected chi connectivity index (χ0v) is 11.5. The van der Waals surface area contributed by atoms with Crippen molar-refractivity contribution in [3.8, 4) is 5.75 Å². The van der Waals surface area contributed by atoms with E-state index in [1.54, 1.807) is 12.1 Å². The lowest BCUT2D eigenvalue weighted by Crippen LogP contribution is -2.40. The summed E-state index contributed by atoms with van der Waals surface area (Å²) >= 11 is 0. The SMILES string of the molecule is COCN1C(=O)COc2ccc(C(=O)CCC(=O)O)cc21. The minimum absolute atomic E-state index is 0.0575. The van der Waals surface area contributed by atoms with Gasteiger partial charge < -0.3 is 14.6 Å². The number of Topliss-reactive ketones (excluding diaryl/α,β-unsaturated/α-hetero) is 1. The fourth-order valence-corrected chi connectivity index (χ4v) is 2.01. The van der Waals surface area contributed by atoms with Gasteiger partial charge in [-0.1, -0.05) is 0 Å². The molecule has 1 heterocycles. The van der Waals surface area contributed by atoms with Crippen molar-refractivity contribution in [2.75, 3.05) is 25.3 Å². The van der Waals surface area contributed by atoms with E-state index in [0.29, 0.717) is 17.0 Å². The number of ketones is 1. The number of fused-ring (bicyclic) bond motifs is 1. The summed E-state index contributed by atoms with van der Waals surface area (Å²) in [7, 11) is 1.46. The van der Waals surface area contributed by atoms with Gasteiger partial charge >= 0.3 is 5.97 Å². The molecule has 0 bridgehead atoms. The number of ether oxygens (including phenoxy) is 2. The molecule has 1 aromatic carbocycles. The van der Waals surface area contributed by atoms with Crippen molar-refractivity contribution in [3.63, 3.8) is 0 Å². The van der Waals surface area contributed by atoms with Crippen LogP contribution in [0.1, 0.15) is 23.2 Å². The average Bonchev–Trinajstić information content (AvgIpc) is 2.47. The third kappa shape index (κ3) is 3.38. The molecule has 1 N–H and O–H groups in total. The van der Waals surface area contributed by atoms with Crippen LogP contribution in [0.4, 0.5) is 5.69 Å². The lowest BCUT2D eigenvalue weighted by Gasteiger charge is -2.28. The van der Waals surface area contributed by atoms with Gasteiger partial charge in [-0.25, -0.2) is 0 Å². The third-order valence-electron chi connectivity index (χ3n) is 3.05. The molecule has 1 aromatic rings. The first-order valence-electron chi connectivity index (χ1n) is 6.34.